The highest BCUT2D eigenvalue weighted by atomic mass is 79.9. The third-order valence-corrected chi connectivity index (χ3v) is 4.08. The van der Waals surface area contributed by atoms with Crippen LogP contribution in [0.4, 0.5) is 13.2 Å². The van der Waals surface area contributed by atoms with Gasteiger partial charge in [-0.25, -0.2) is 0 Å². The number of rotatable bonds is 3. The maximum atomic E-state index is 12.8. The Morgan fingerprint density at radius 1 is 1.29 bits per heavy atom. The molecule has 0 saturated carbocycles. The molecule has 0 saturated heterocycles. The van der Waals surface area contributed by atoms with Crippen LogP contribution in [-0.2, 0) is 12.6 Å². The van der Waals surface area contributed by atoms with Gasteiger partial charge in [-0.3, -0.25) is 4.98 Å². The lowest BCUT2D eigenvalue weighted by Crippen LogP contribution is -2.16. The fraction of sp³-hybridized carbons (Fsp3) is 0.214. The predicted molar refractivity (Wildman–Crippen MR) is 79.0 cm³/mol. The van der Waals surface area contributed by atoms with Crippen molar-refractivity contribution in [3.8, 4) is 0 Å². The molecule has 0 aliphatic heterocycles. The molecule has 1 unspecified atom stereocenters. The quantitative estimate of drug-likeness (QED) is 0.835. The maximum Gasteiger partial charge on any atom is 0.416 e. The van der Waals surface area contributed by atoms with Gasteiger partial charge in [-0.1, -0.05) is 27.5 Å². The molecular formula is C14H11BrClF3N2. The van der Waals surface area contributed by atoms with E-state index in [-0.39, 0.29) is 0 Å². The highest BCUT2D eigenvalue weighted by Crippen LogP contribution is 2.34. The summed E-state index contributed by atoms with van der Waals surface area (Å²) in [4.78, 5) is 3.86. The van der Waals surface area contributed by atoms with E-state index in [1.54, 1.807) is 12.3 Å². The lowest BCUT2D eigenvalue weighted by Gasteiger charge is -2.17. The molecule has 1 aromatic heterocycles. The number of alkyl halides is 3. The molecule has 0 aliphatic carbocycles. The molecule has 1 heterocycles. The number of nitrogens with two attached hydrogens (primary N) is 1. The van der Waals surface area contributed by atoms with Crippen molar-refractivity contribution >= 4 is 27.5 Å². The first kappa shape index (κ1) is 16.3. The number of benzene rings is 1. The number of nitrogens with zero attached hydrogens (tertiary/aromatic N) is 1. The first-order valence-electron chi connectivity index (χ1n) is 5.99. The summed E-state index contributed by atoms with van der Waals surface area (Å²) in [7, 11) is 0. The third kappa shape index (κ3) is 3.96. The molecule has 0 bridgehead atoms. The monoisotopic (exact) mass is 378 g/mol. The van der Waals surface area contributed by atoms with Crippen LogP contribution in [0.2, 0.25) is 5.02 Å². The average molecular weight is 380 g/mol. The molecule has 2 nitrogen and oxygen atoms in total. The number of halogens is 5. The number of pyridine rings is 1. The summed E-state index contributed by atoms with van der Waals surface area (Å²) >= 11 is 9.23. The van der Waals surface area contributed by atoms with E-state index in [0.717, 1.165) is 17.7 Å². The Morgan fingerprint density at radius 3 is 2.62 bits per heavy atom. The summed E-state index contributed by atoms with van der Waals surface area (Å²) in [5.74, 6) is 0. The van der Waals surface area contributed by atoms with Gasteiger partial charge in [0.15, 0.2) is 0 Å². The zero-order chi connectivity index (χ0) is 15.6. The zero-order valence-corrected chi connectivity index (χ0v) is 13.0. The minimum atomic E-state index is -4.40. The Kier molecular flexibility index (Phi) is 4.91. The predicted octanol–water partition coefficient (Wildman–Crippen LogP) is 4.76. The first-order valence-corrected chi connectivity index (χ1v) is 7.16. The second-order valence-electron chi connectivity index (χ2n) is 4.51. The van der Waals surface area contributed by atoms with E-state index >= 15 is 0 Å². The maximum absolute atomic E-state index is 12.8. The van der Waals surface area contributed by atoms with Gasteiger partial charge in [0.25, 0.3) is 0 Å². The molecule has 0 spiro atoms. The van der Waals surface area contributed by atoms with Crippen LogP contribution in [0.3, 0.4) is 0 Å². The Morgan fingerprint density at radius 2 is 2.00 bits per heavy atom. The van der Waals surface area contributed by atoms with E-state index in [9.17, 15) is 13.2 Å². The van der Waals surface area contributed by atoms with Gasteiger partial charge in [-0.2, -0.15) is 13.2 Å². The van der Waals surface area contributed by atoms with Crippen molar-refractivity contribution in [1.82, 2.24) is 4.98 Å². The van der Waals surface area contributed by atoms with Crippen LogP contribution in [0.25, 0.3) is 0 Å². The minimum Gasteiger partial charge on any atom is -0.324 e. The number of hydrogen-bond donors (Lipinski definition) is 1. The van der Waals surface area contributed by atoms with Gasteiger partial charge in [0.05, 0.1) is 10.6 Å². The molecule has 7 heteroatoms. The fourth-order valence-corrected chi connectivity index (χ4v) is 2.66. The standard InChI is InChI=1S/C14H11BrClF3N2/c15-11-2-1-9(14(17,18)19)6-10(11)13(20)5-8-3-4-21-7-12(8)16/h1-4,6-7,13H,5,20H2. The summed E-state index contributed by atoms with van der Waals surface area (Å²) in [5, 5.41) is 0.441. The van der Waals surface area contributed by atoms with Crippen molar-refractivity contribution in [3.63, 3.8) is 0 Å². The first-order chi connectivity index (χ1) is 9.79. The molecule has 2 aromatic rings. The van der Waals surface area contributed by atoms with Gasteiger partial charge in [-0.15, -0.1) is 0 Å². The fourth-order valence-electron chi connectivity index (χ4n) is 1.92. The van der Waals surface area contributed by atoms with E-state index in [1.807, 2.05) is 0 Å². The van der Waals surface area contributed by atoms with Crippen molar-refractivity contribution in [2.75, 3.05) is 0 Å². The largest absolute Gasteiger partial charge is 0.416 e. The summed E-state index contributed by atoms with van der Waals surface area (Å²) in [5.41, 5.74) is 6.43. The molecule has 2 rings (SSSR count). The minimum absolute atomic E-state index is 0.321. The lowest BCUT2D eigenvalue weighted by molar-refractivity contribution is -0.137. The Balaban J connectivity index is 2.31. The van der Waals surface area contributed by atoms with Gasteiger partial charge < -0.3 is 5.73 Å². The molecular weight excluding hydrogens is 369 g/mol. The molecule has 0 radical (unpaired) electrons. The second kappa shape index (κ2) is 6.34. The van der Waals surface area contributed by atoms with Crippen LogP contribution in [-0.4, -0.2) is 4.98 Å². The highest BCUT2D eigenvalue weighted by Gasteiger charge is 2.31. The number of hydrogen-bond acceptors (Lipinski definition) is 2. The van der Waals surface area contributed by atoms with E-state index in [1.165, 1.54) is 12.3 Å². The van der Waals surface area contributed by atoms with Crippen molar-refractivity contribution < 1.29 is 13.2 Å². The normalized spacial score (nSPS) is 13.2. The van der Waals surface area contributed by atoms with Crippen LogP contribution in [0.5, 0.6) is 0 Å². The molecule has 0 amide bonds. The molecule has 2 N–H and O–H groups in total. The Hall–Kier alpha value is -1.11. The van der Waals surface area contributed by atoms with E-state index < -0.39 is 17.8 Å². The van der Waals surface area contributed by atoms with Crippen molar-refractivity contribution in [1.29, 1.82) is 0 Å². The second-order valence-corrected chi connectivity index (χ2v) is 5.77. The van der Waals surface area contributed by atoms with Crippen LogP contribution in [0.15, 0.2) is 41.1 Å². The summed E-state index contributed by atoms with van der Waals surface area (Å²) in [6.45, 7) is 0. The SMILES string of the molecule is NC(Cc1ccncc1Cl)c1cc(C(F)(F)F)ccc1Br. The topological polar surface area (TPSA) is 38.9 Å². The van der Waals surface area contributed by atoms with Crippen LogP contribution in [0, 0.1) is 0 Å². The van der Waals surface area contributed by atoms with Crippen LogP contribution in [0.1, 0.15) is 22.7 Å². The molecule has 21 heavy (non-hydrogen) atoms. The average Bonchev–Trinajstić information content (AvgIpc) is 2.40. The van der Waals surface area contributed by atoms with E-state index in [2.05, 4.69) is 20.9 Å². The van der Waals surface area contributed by atoms with Gasteiger partial charge in [0.2, 0.25) is 0 Å². The van der Waals surface area contributed by atoms with Gasteiger partial charge in [0, 0.05) is 22.9 Å². The smallest absolute Gasteiger partial charge is 0.324 e. The van der Waals surface area contributed by atoms with Gasteiger partial charge in [-0.05, 0) is 41.8 Å². The summed E-state index contributed by atoms with van der Waals surface area (Å²) in [6, 6.07) is 4.51. The zero-order valence-electron chi connectivity index (χ0n) is 10.7. The Bertz CT molecular complexity index is 646. The molecule has 112 valence electrons. The highest BCUT2D eigenvalue weighted by molar-refractivity contribution is 9.10. The molecule has 0 aliphatic rings. The Labute approximate surface area is 133 Å². The lowest BCUT2D eigenvalue weighted by atomic mass is 9.98. The van der Waals surface area contributed by atoms with Crippen molar-refractivity contribution in [3.05, 3.63) is 62.8 Å². The molecule has 1 atom stereocenters. The summed E-state index contributed by atoms with van der Waals surface area (Å²) in [6.07, 6.45) is -1.04. The number of aromatic nitrogens is 1. The van der Waals surface area contributed by atoms with E-state index in [4.69, 9.17) is 17.3 Å². The van der Waals surface area contributed by atoms with Gasteiger partial charge in [0.1, 0.15) is 0 Å². The molecule has 0 fully saturated rings. The summed E-state index contributed by atoms with van der Waals surface area (Å²) < 4.78 is 38.8. The molecule has 1 aromatic carbocycles. The van der Waals surface area contributed by atoms with Crippen LogP contribution >= 0.6 is 27.5 Å². The van der Waals surface area contributed by atoms with Crippen molar-refractivity contribution in [2.24, 2.45) is 5.73 Å². The third-order valence-electron chi connectivity index (χ3n) is 3.02. The van der Waals surface area contributed by atoms with Gasteiger partial charge >= 0.3 is 6.18 Å². The van der Waals surface area contributed by atoms with Crippen molar-refractivity contribution in [2.45, 2.75) is 18.6 Å². The van der Waals surface area contributed by atoms with E-state index in [0.29, 0.717) is 21.5 Å². The van der Waals surface area contributed by atoms with Crippen LogP contribution < -0.4 is 5.73 Å².